The number of piperidine rings is 1. The number of likely N-dealkylation sites (tertiary alicyclic amines) is 1. The molecule has 2 amide bonds. The van der Waals surface area contributed by atoms with Crippen molar-refractivity contribution in [3.8, 4) is 5.69 Å². The Labute approximate surface area is 149 Å². The molecule has 3 rings (SSSR count). The quantitative estimate of drug-likeness (QED) is 0.854. The molecule has 26 heavy (non-hydrogen) atoms. The number of rotatable bonds is 3. The highest BCUT2D eigenvalue weighted by atomic mass is 16.4. The Kier molecular flexibility index (Phi) is 4.79. The van der Waals surface area contributed by atoms with E-state index in [1.54, 1.807) is 31.3 Å². The van der Waals surface area contributed by atoms with Gasteiger partial charge in [0.05, 0.1) is 11.6 Å². The standard InChI is InChI=1S/C17H21N5O4/c1-11-7-12(15(23)24)9-21(8-11)16(25)19-13-3-5-14(6-4-13)22-17(26)20(2)10-18-22/h3-6,10-12H,7-9H2,1-2H3,(H,19,25)(H,23,24). The van der Waals surface area contributed by atoms with Crippen LogP contribution in [-0.4, -0.2) is 49.4 Å². The maximum Gasteiger partial charge on any atom is 0.350 e. The largest absolute Gasteiger partial charge is 0.481 e. The molecule has 1 saturated heterocycles. The number of carbonyl (C=O) groups is 2. The second kappa shape index (κ2) is 7.03. The van der Waals surface area contributed by atoms with E-state index in [1.165, 1.54) is 20.5 Å². The van der Waals surface area contributed by atoms with Gasteiger partial charge >= 0.3 is 17.7 Å². The first kappa shape index (κ1) is 17.7. The number of benzene rings is 1. The fourth-order valence-electron chi connectivity index (χ4n) is 3.14. The van der Waals surface area contributed by atoms with Gasteiger partial charge in [-0.25, -0.2) is 9.59 Å². The molecule has 0 spiro atoms. The number of carboxylic acids is 1. The predicted molar refractivity (Wildman–Crippen MR) is 94.3 cm³/mol. The van der Waals surface area contributed by atoms with Crippen LogP contribution in [0.1, 0.15) is 13.3 Å². The van der Waals surface area contributed by atoms with Crippen LogP contribution in [0.25, 0.3) is 5.69 Å². The molecule has 0 aliphatic carbocycles. The highest BCUT2D eigenvalue weighted by molar-refractivity contribution is 5.89. The van der Waals surface area contributed by atoms with Crippen molar-refractivity contribution in [1.82, 2.24) is 19.2 Å². The number of anilines is 1. The van der Waals surface area contributed by atoms with Gasteiger partial charge in [0.15, 0.2) is 0 Å². The normalized spacial score (nSPS) is 20.0. The molecule has 0 radical (unpaired) electrons. The minimum absolute atomic E-state index is 0.133. The smallest absolute Gasteiger partial charge is 0.350 e. The summed E-state index contributed by atoms with van der Waals surface area (Å²) in [4.78, 5) is 37.1. The molecule has 9 heteroatoms. The third-order valence-corrected chi connectivity index (χ3v) is 4.48. The summed E-state index contributed by atoms with van der Waals surface area (Å²) < 4.78 is 2.63. The summed E-state index contributed by atoms with van der Waals surface area (Å²) in [6.45, 7) is 2.67. The number of hydrogen-bond donors (Lipinski definition) is 2. The highest BCUT2D eigenvalue weighted by Gasteiger charge is 2.31. The summed E-state index contributed by atoms with van der Waals surface area (Å²) in [5.74, 6) is -1.28. The van der Waals surface area contributed by atoms with E-state index in [0.717, 1.165) is 0 Å². The lowest BCUT2D eigenvalue weighted by molar-refractivity contribution is -0.143. The molecule has 1 aromatic carbocycles. The van der Waals surface area contributed by atoms with Crippen molar-refractivity contribution in [3.05, 3.63) is 41.1 Å². The summed E-state index contributed by atoms with van der Waals surface area (Å²) in [7, 11) is 1.62. The van der Waals surface area contributed by atoms with Crippen LogP contribution in [0.4, 0.5) is 10.5 Å². The number of urea groups is 1. The number of carboxylic acid groups (broad SMARTS) is 1. The summed E-state index contributed by atoms with van der Waals surface area (Å²) in [5.41, 5.74) is 0.891. The van der Waals surface area contributed by atoms with Crippen LogP contribution < -0.4 is 11.0 Å². The first-order valence-corrected chi connectivity index (χ1v) is 8.35. The van der Waals surface area contributed by atoms with Gasteiger partial charge in [0.1, 0.15) is 6.33 Å². The fraction of sp³-hybridized carbons (Fsp3) is 0.412. The van der Waals surface area contributed by atoms with Crippen LogP contribution in [0.3, 0.4) is 0 Å². The molecular weight excluding hydrogens is 338 g/mol. The van der Waals surface area contributed by atoms with E-state index < -0.39 is 11.9 Å². The molecular formula is C17H21N5O4. The number of carbonyl (C=O) groups excluding carboxylic acids is 1. The predicted octanol–water partition coefficient (Wildman–Crippen LogP) is 1.15. The van der Waals surface area contributed by atoms with Gasteiger partial charge in [-0.3, -0.25) is 9.36 Å². The van der Waals surface area contributed by atoms with Crippen molar-refractivity contribution in [2.45, 2.75) is 13.3 Å². The second-order valence-corrected chi connectivity index (χ2v) is 6.69. The lowest BCUT2D eigenvalue weighted by Gasteiger charge is -2.34. The molecule has 1 aromatic heterocycles. The Bertz CT molecular complexity index is 870. The summed E-state index contributed by atoms with van der Waals surface area (Å²) >= 11 is 0. The van der Waals surface area contributed by atoms with Crippen molar-refractivity contribution < 1.29 is 14.7 Å². The topological polar surface area (TPSA) is 109 Å². The van der Waals surface area contributed by atoms with Crippen LogP contribution in [0.2, 0.25) is 0 Å². The molecule has 1 fully saturated rings. The zero-order valence-corrected chi connectivity index (χ0v) is 14.6. The van der Waals surface area contributed by atoms with E-state index in [-0.39, 0.29) is 24.2 Å². The molecule has 0 bridgehead atoms. The highest BCUT2D eigenvalue weighted by Crippen LogP contribution is 2.22. The summed E-state index contributed by atoms with van der Waals surface area (Å²) in [6, 6.07) is 6.39. The summed E-state index contributed by atoms with van der Waals surface area (Å²) in [6.07, 6.45) is 2.00. The van der Waals surface area contributed by atoms with E-state index in [9.17, 15) is 19.5 Å². The van der Waals surface area contributed by atoms with E-state index in [1.807, 2.05) is 6.92 Å². The van der Waals surface area contributed by atoms with E-state index in [4.69, 9.17) is 0 Å². The molecule has 2 heterocycles. The molecule has 138 valence electrons. The first-order valence-electron chi connectivity index (χ1n) is 8.35. The molecule has 9 nitrogen and oxygen atoms in total. The number of aliphatic carboxylic acids is 1. The van der Waals surface area contributed by atoms with Crippen LogP contribution in [0.5, 0.6) is 0 Å². The molecule has 2 aromatic rings. The molecule has 2 N–H and O–H groups in total. The lowest BCUT2D eigenvalue weighted by atomic mass is 9.91. The number of nitrogens with one attached hydrogen (secondary N) is 1. The fourth-order valence-corrected chi connectivity index (χ4v) is 3.14. The van der Waals surface area contributed by atoms with Crippen molar-refractivity contribution in [2.24, 2.45) is 18.9 Å². The minimum atomic E-state index is -0.875. The first-order chi connectivity index (χ1) is 12.3. The Morgan fingerprint density at radius 2 is 1.92 bits per heavy atom. The number of aromatic nitrogens is 3. The zero-order chi connectivity index (χ0) is 18.8. The third-order valence-electron chi connectivity index (χ3n) is 4.48. The number of amides is 2. The Hall–Kier alpha value is -3.10. The van der Waals surface area contributed by atoms with E-state index >= 15 is 0 Å². The molecule has 0 saturated carbocycles. The number of nitrogens with zero attached hydrogens (tertiary/aromatic N) is 4. The maximum absolute atomic E-state index is 12.4. The minimum Gasteiger partial charge on any atom is -0.481 e. The van der Waals surface area contributed by atoms with Crippen LogP contribution in [-0.2, 0) is 11.8 Å². The summed E-state index contributed by atoms with van der Waals surface area (Å²) in [5, 5.41) is 16.0. The zero-order valence-electron chi connectivity index (χ0n) is 14.6. The monoisotopic (exact) mass is 359 g/mol. The molecule has 1 aliphatic rings. The van der Waals surface area contributed by atoms with Crippen molar-refractivity contribution in [3.63, 3.8) is 0 Å². The molecule has 2 atom stereocenters. The van der Waals surface area contributed by atoms with Gasteiger partial charge in [0.25, 0.3) is 0 Å². The van der Waals surface area contributed by atoms with Crippen molar-refractivity contribution >= 4 is 17.7 Å². The average molecular weight is 359 g/mol. The van der Waals surface area contributed by atoms with E-state index in [2.05, 4.69) is 10.4 Å². The van der Waals surface area contributed by atoms with Gasteiger partial charge < -0.3 is 15.3 Å². The van der Waals surface area contributed by atoms with Gasteiger partial charge in [-0.2, -0.15) is 9.78 Å². The Balaban J connectivity index is 1.69. The van der Waals surface area contributed by atoms with Crippen molar-refractivity contribution in [2.75, 3.05) is 18.4 Å². The Morgan fingerprint density at radius 1 is 1.23 bits per heavy atom. The van der Waals surface area contributed by atoms with Gasteiger partial charge in [0, 0.05) is 25.8 Å². The van der Waals surface area contributed by atoms with E-state index in [0.29, 0.717) is 24.3 Å². The maximum atomic E-state index is 12.4. The van der Waals surface area contributed by atoms with Gasteiger partial charge in [-0.1, -0.05) is 6.92 Å². The van der Waals surface area contributed by atoms with Crippen LogP contribution in [0.15, 0.2) is 35.4 Å². The Morgan fingerprint density at radius 3 is 2.50 bits per heavy atom. The lowest BCUT2D eigenvalue weighted by Crippen LogP contribution is -2.47. The van der Waals surface area contributed by atoms with Crippen LogP contribution in [0, 0.1) is 11.8 Å². The molecule has 2 unspecified atom stereocenters. The van der Waals surface area contributed by atoms with Crippen LogP contribution >= 0.6 is 0 Å². The van der Waals surface area contributed by atoms with Gasteiger partial charge in [0.2, 0.25) is 0 Å². The average Bonchev–Trinajstić information content (AvgIpc) is 2.94. The molecule has 1 aliphatic heterocycles. The third kappa shape index (κ3) is 3.61. The SMILES string of the molecule is CC1CC(C(=O)O)CN(C(=O)Nc2ccc(-n3ncn(C)c3=O)cc2)C1. The van der Waals surface area contributed by atoms with Crippen molar-refractivity contribution in [1.29, 1.82) is 0 Å². The number of aryl methyl sites for hydroxylation is 1. The second-order valence-electron chi connectivity index (χ2n) is 6.69. The van der Waals surface area contributed by atoms with Gasteiger partial charge in [-0.05, 0) is 36.6 Å². The number of hydrogen-bond acceptors (Lipinski definition) is 4. The van der Waals surface area contributed by atoms with Gasteiger partial charge in [-0.15, -0.1) is 0 Å².